The van der Waals surface area contributed by atoms with Crippen LogP contribution in [0.15, 0.2) is 102 Å². The number of alkyl halides is 6. The zero-order chi connectivity index (χ0) is 38.4. The van der Waals surface area contributed by atoms with Crippen molar-refractivity contribution in [3.8, 4) is 0 Å². The van der Waals surface area contributed by atoms with Crippen molar-refractivity contribution >= 4 is 129 Å². The average Bonchev–Trinajstić information content (AvgIpc) is 3.95. The van der Waals surface area contributed by atoms with E-state index in [4.69, 9.17) is 0 Å². The Morgan fingerprint density at radius 1 is 0.608 bits per heavy atom. The topological polar surface area (TPSA) is 145 Å². The molecule has 1 aliphatic rings. The van der Waals surface area contributed by atoms with Gasteiger partial charge in [-0.3, -0.25) is 30.9 Å². The first kappa shape index (κ1) is 44.2. The van der Waals surface area contributed by atoms with Gasteiger partial charge in [0, 0.05) is 0 Å². The van der Waals surface area contributed by atoms with Crippen molar-refractivity contribution in [1.29, 1.82) is 0 Å². The molecule has 0 unspecified atom stereocenters. The van der Waals surface area contributed by atoms with Crippen LogP contribution in [0.1, 0.15) is 29.1 Å². The minimum absolute atomic E-state index is 0.111. The zero-order valence-corrected chi connectivity index (χ0v) is 32.0. The Hall–Kier alpha value is -2.92. The van der Waals surface area contributed by atoms with E-state index in [1.54, 1.807) is 46.4 Å². The van der Waals surface area contributed by atoms with E-state index in [0.717, 1.165) is 22.7 Å². The molecule has 0 fully saturated rings. The quantitative estimate of drug-likeness (QED) is 0.0396. The fourth-order valence-corrected chi connectivity index (χ4v) is 7.15. The van der Waals surface area contributed by atoms with Gasteiger partial charge in [-0.1, -0.05) is 30.3 Å². The van der Waals surface area contributed by atoms with Crippen LogP contribution < -0.4 is 11.7 Å². The number of hydrazine groups is 1. The van der Waals surface area contributed by atoms with Crippen molar-refractivity contribution in [3.05, 3.63) is 111 Å². The highest BCUT2D eigenvalue weighted by Crippen LogP contribution is 2.34. The first-order chi connectivity index (χ1) is 24.0. The van der Waals surface area contributed by atoms with E-state index >= 15 is 0 Å². The number of nitrogens with two attached hydrogens (primary N) is 2. The first-order valence-corrected chi connectivity index (χ1v) is 18.9. The maximum absolute atomic E-state index is 14.2. The summed E-state index contributed by atoms with van der Waals surface area (Å²) in [5.74, 6) is -6.22. The Balaban J connectivity index is 0.000000248. The summed E-state index contributed by atoms with van der Waals surface area (Å²) in [7, 11) is 0. The number of rotatable bonds is 8. The molecule has 8 nitrogen and oxygen atoms in total. The molecule has 0 spiro atoms. The molecule has 0 saturated heterocycles. The first-order valence-electron chi connectivity index (χ1n) is 13.0. The smallest absolute Gasteiger partial charge is 0.286 e. The van der Waals surface area contributed by atoms with Crippen LogP contribution >= 0.6 is 95.8 Å². The van der Waals surface area contributed by atoms with Crippen LogP contribution in [-0.2, 0) is 9.59 Å². The summed E-state index contributed by atoms with van der Waals surface area (Å²) >= 11 is 17.8. The van der Waals surface area contributed by atoms with Gasteiger partial charge in [0.15, 0.2) is 11.4 Å². The van der Waals surface area contributed by atoms with E-state index in [0.29, 0.717) is 9.75 Å². The second-order valence-corrected chi connectivity index (χ2v) is 15.5. The minimum Gasteiger partial charge on any atom is -0.286 e. The van der Waals surface area contributed by atoms with Gasteiger partial charge in [-0.15, -0.1) is 66.9 Å². The standard InChI is InChI=1S/C11H6F2N2S2.C11H6F2O2S2.C4H3BrS.C3Cl2F2O2.H4N2/c12-11(13)9(7-3-1-5-16-7)14-15-10(11)8-4-2-6-17-8;12-11(13,9(14)7-3-1-5-16-7)10(15)8-4-2-6-17-8;5-4-2-1-3-6-4;4-1(8)3(6,7)2(5)9;1-2/h2*1-6H;1-3H;;1-2H2. The van der Waals surface area contributed by atoms with Crippen molar-refractivity contribution in [1.82, 2.24) is 0 Å². The van der Waals surface area contributed by atoms with Crippen LogP contribution in [0.3, 0.4) is 0 Å². The normalized spacial score (nSPS) is 12.9. The van der Waals surface area contributed by atoms with Gasteiger partial charge in [0.05, 0.1) is 23.3 Å². The third kappa shape index (κ3) is 12.1. The lowest BCUT2D eigenvalue weighted by molar-refractivity contribution is -0.145. The molecule has 1 aliphatic heterocycles. The molecule has 0 radical (unpaired) electrons. The molecule has 5 aromatic rings. The number of halogens is 9. The molecular formula is C29H19BrCl2F6N4O4S5. The van der Waals surface area contributed by atoms with Crippen LogP contribution in [-0.4, -0.2) is 51.2 Å². The summed E-state index contributed by atoms with van der Waals surface area (Å²) in [6, 6.07) is 16.3. The molecule has 0 aliphatic carbocycles. The molecule has 0 bridgehead atoms. The lowest BCUT2D eigenvalue weighted by Gasteiger charge is -2.12. The predicted molar refractivity (Wildman–Crippen MR) is 196 cm³/mol. The monoisotopic (exact) mass is 910 g/mol. The summed E-state index contributed by atoms with van der Waals surface area (Å²) in [6.07, 6.45) is 0. The molecule has 6 rings (SSSR count). The second kappa shape index (κ2) is 20.4. The molecule has 0 amide bonds. The SMILES string of the molecule is Brc1cccs1.FC1(F)C(c2cccs2)=NN=C1c1cccs1.NN.O=C(Cl)C(F)(F)C(=O)Cl.O=C(c1cccs1)C(F)(F)C(=O)c1cccs1. The van der Waals surface area contributed by atoms with E-state index in [-0.39, 0.29) is 21.2 Å². The maximum atomic E-state index is 14.2. The van der Waals surface area contributed by atoms with Crippen LogP contribution in [0.5, 0.6) is 0 Å². The molecule has 0 saturated carbocycles. The van der Waals surface area contributed by atoms with E-state index in [1.807, 2.05) is 17.5 Å². The molecule has 6 heterocycles. The van der Waals surface area contributed by atoms with Gasteiger partial charge in [0.25, 0.3) is 0 Å². The number of carbonyl (C=O) groups excluding carboxylic acids is 4. The third-order valence-corrected chi connectivity index (χ3v) is 10.8. The molecule has 5 aromatic heterocycles. The molecule has 22 heteroatoms. The highest BCUT2D eigenvalue weighted by atomic mass is 79.9. The van der Waals surface area contributed by atoms with Gasteiger partial charge in [-0.25, -0.2) is 0 Å². The number of hydrogen-bond acceptors (Lipinski definition) is 13. The van der Waals surface area contributed by atoms with E-state index in [2.05, 4.69) is 61.0 Å². The highest BCUT2D eigenvalue weighted by molar-refractivity contribution is 9.11. The van der Waals surface area contributed by atoms with Crippen molar-refractivity contribution in [2.75, 3.05) is 0 Å². The Morgan fingerprint density at radius 3 is 1.20 bits per heavy atom. The van der Waals surface area contributed by atoms with Gasteiger partial charge in [-0.05, 0) is 96.4 Å². The average molecular weight is 913 g/mol. The minimum atomic E-state index is -4.25. The zero-order valence-electron chi connectivity index (χ0n) is 24.8. The molecule has 51 heavy (non-hydrogen) atoms. The third-order valence-electron chi connectivity index (χ3n) is 5.39. The van der Waals surface area contributed by atoms with Gasteiger partial charge in [0.2, 0.25) is 11.6 Å². The summed E-state index contributed by atoms with van der Waals surface area (Å²) in [6.45, 7) is 0. The molecule has 0 aromatic carbocycles. The van der Waals surface area contributed by atoms with Crippen molar-refractivity contribution in [2.24, 2.45) is 21.9 Å². The van der Waals surface area contributed by atoms with Crippen LogP contribution in [0.4, 0.5) is 26.3 Å². The molecular weight excluding hydrogens is 893 g/mol. The van der Waals surface area contributed by atoms with Gasteiger partial charge < -0.3 is 0 Å². The van der Waals surface area contributed by atoms with E-state index in [1.165, 1.54) is 61.5 Å². The number of nitrogens with zero attached hydrogens (tertiary/aromatic N) is 2. The fourth-order valence-electron chi connectivity index (χ4n) is 3.14. The van der Waals surface area contributed by atoms with Crippen LogP contribution in [0, 0.1) is 0 Å². The molecule has 272 valence electrons. The Labute approximate surface area is 323 Å². The predicted octanol–water partition coefficient (Wildman–Crippen LogP) is 9.64. The van der Waals surface area contributed by atoms with E-state index < -0.39 is 39.8 Å². The van der Waals surface area contributed by atoms with E-state index in [9.17, 15) is 45.5 Å². The number of hydrogen-bond donors (Lipinski definition) is 2. The number of ketones is 2. The highest BCUT2D eigenvalue weighted by Gasteiger charge is 2.49. The largest absolute Gasteiger partial charge is 0.391 e. The van der Waals surface area contributed by atoms with Crippen molar-refractivity contribution < 1.29 is 45.5 Å². The van der Waals surface area contributed by atoms with Gasteiger partial charge >= 0.3 is 28.3 Å². The van der Waals surface area contributed by atoms with Gasteiger partial charge in [-0.2, -0.15) is 26.3 Å². The van der Waals surface area contributed by atoms with Crippen LogP contribution in [0.2, 0.25) is 0 Å². The lowest BCUT2D eigenvalue weighted by atomic mass is 10.1. The summed E-state index contributed by atoms with van der Waals surface area (Å²) in [5, 5.41) is 11.7. The summed E-state index contributed by atoms with van der Waals surface area (Å²) in [4.78, 5) is 43.0. The van der Waals surface area contributed by atoms with Crippen LogP contribution in [0.25, 0.3) is 0 Å². The summed E-state index contributed by atoms with van der Waals surface area (Å²) in [5.41, 5.74) is -0.508. The number of thiophene rings is 5. The summed E-state index contributed by atoms with van der Waals surface area (Å²) < 4.78 is 80.2. The van der Waals surface area contributed by atoms with Crippen molar-refractivity contribution in [3.63, 3.8) is 0 Å². The lowest BCUT2D eigenvalue weighted by Crippen LogP contribution is -2.37. The number of Topliss-reactive ketones (excluding diaryl/α,β-unsaturated/α-hetero) is 2. The molecule has 0 atom stereocenters. The maximum Gasteiger partial charge on any atom is 0.391 e. The Bertz CT molecular complexity index is 1790. The van der Waals surface area contributed by atoms with Crippen molar-refractivity contribution in [2.45, 2.75) is 17.8 Å². The molecule has 4 N–H and O–H groups in total. The van der Waals surface area contributed by atoms with Gasteiger partial charge in [0.1, 0.15) is 0 Å². The Morgan fingerprint density at radius 2 is 0.961 bits per heavy atom. The Kier molecular flexibility index (Phi) is 17.7. The fraction of sp³-hybridized carbons (Fsp3) is 0.103. The second-order valence-electron chi connectivity index (χ2n) is 8.65. The number of carbonyl (C=O) groups is 4.